The summed E-state index contributed by atoms with van der Waals surface area (Å²) in [5.41, 5.74) is 3.26. The maximum Gasteiger partial charge on any atom is 0.380 e. The van der Waals surface area contributed by atoms with Crippen LogP contribution in [0.3, 0.4) is 0 Å². The molecule has 0 spiro atoms. The van der Waals surface area contributed by atoms with E-state index in [1.165, 1.54) is 12.1 Å². The summed E-state index contributed by atoms with van der Waals surface area (Å²) >= 11 is 0. The van der Waals surface area contributed by atoms with Gasteiger partial charge in [-0.25, -0.2) is 4.79 Å². The number of hydrazone groups is 1. The summed E-state index contributed by atoms with van der Waals surface area (Å²) in [6.07, 6.45) is 3.51. The molecule has 0 aliphatic heterocycles. The van der Waals surface area contributed by atoms with Crippen molar-refractivity contribution in [3.05, 3.63) is 89.0 Å². The van der Waals surface area contributed by atoms with Gasteiger partial charge in [0.2, 0.25) is 5.76 Å². The molecule has 2 heterocycles. The first-order valence-corrected chi connectivity index (χ1v) is 12.7. The van der Waals surface area contributed by atoms with Crippen LogP contribution >= 0.6 is 0 Å². The van der Waals surface area contributed by atoms with Gasteiger partial charge in [0.05, 0.1) is 10.6 Å². The molecule has 9 heteroatoms. The number of para-hydroxylation sites is 1. The molecule has 1 aliphatic carbocycles. The largest absolute Gasteiger partial charge is 0.453 e. The van der Waals surface area contributed by atoms with Gasteiger partial charge in [-0.2, -0.15) is 18.4 Å². The van der Waals surface area contributed by atoms with Gasteiger partial charge in [0.25, 0.3) is 10.0 Å². The number of benzene rings is 2. The highest BCUT2D eigenvalue weighted by Crippen LogP contribution is 2.31. The third-order valence-corrected chi connectivity index (χ3v) is 7.17. The number of aromatic nitrogens is 1. The summed E-state index contributed by atoms with van der Waals surface area (Å²) in [4.78, 5) is 19.8. The monoisotopic (exact) mass is 489 g/mol. The summed E-state index contributed by atoms with van der Waals surface area (Å²) in [6.45, 7) is 3.63. The first-order valence-electron chi connectivity index (χ1n) is 11.2. The zero-order chi connectivity index (χ0) is 24.6. The standard InChI is InChI=1S/C26H23N3O5S/c1-16-11-13-19(14-12-16)35(31,32)29-28-20-8-4-9-21-23(20)17(2)25(33-21)26(30)34-22-10-3-6-18-7-5-15-27-24(18)22/h3,5-7,10-15,29H,4,8-9H2,1-2H3/b28-20+. The lowest BCUT2D eigenvalue weighted by molar-refractivity contribution is 0.0700. The molecule has 1 aliphatic rings. The number of carbonyl (C=O) groups is 1. The van der Waals surface area contributed by atoms with Crippen LogP contribution in [-0.2, 0) is 16.4 Å². The number of rotatable bonds is 5. The summed E-state index contributed by atoms with van der Waals surface area (Å²) < 4.78 is 36.9. The zero-order valence-electron chi connectivity index (χ0n) is 19.2. The highest BCUT2D eigenvalue weighted by Gasteiger charge is 2.29. The van der Waals surface area contributed by atoms with Gasteiger partial charge in [-0.3, -0.25) is 4.98 Å². The van der Waals surface area contributed by atoms with Gasteiger partial charge >= 0.3 is 5.97 Å². The lowest BCUT2D eigenvalue weighted by atomic mass is 9.93. The molecule has 4 aromatic rings. The molecule has 1 N–H and O–H groups in total. The van der Waals surface area contributed by atoms with Crippen LogP contribution in [0, 0.1) is 13.8 Å². The number of nitrogens with zero attached hydrogens (tertiary/aromatic N) is 2. The van der Waals surface area contributed by atoms with Crippen molar-refractivity contribution >= 4 is 32.6 Å². The predicted octanol–water partition coefficient (Wildman–Crippen LogP) is 4.68. The predicted molar refractivity (Wildman–Crippen MR) is 131 cm³/mol. The van der Waals surface area contributed by atoms with E-state index in [2.05, 4.69) is 14.9 Å². The Balaban J connectivity index is 1.43. The van der Waals surface area contributed by atoms with Gasteiger partial charge in [-0.15, -0.1) is 0 Å². The lowest BCUT2D eigenvalue weighted by Gasteiger charge is -2.14. The molecule has 0 atom stereocenters. The van der Waals surface area contributed by atoms with Crippen LogP contribution in [0.15, 0.2) is 75.2 Å². The number of hydrogen-bond donors (Lipinski definition) is 1. The number of sulfonamides is 1. The van der Waals surface area contributed by atoms with Crippen LogP contribution in [0.1, 0.15) is 45.8 Å². The second kappa shape index (κ2) is 8.99. The Labute approximate surface area is 202 Å². The molecule has 0 saturated heterocycles. The minimum Gasteiger partial charge on any atom is -0.453 e. The van der Waals surface area contributed by atoms with E-state index in [1.807, 2.05) is 25.1 Å². The molecular weight excluding hydrogens is 466 g/mol. The molecule has 0 amide bonds. The number of nitrogens with one attached hydrogen (secondary N) is 1. The molecule has 2 aromatic carbocycles. The van der Waals surface area contributed by atoms with Gasteiger partial charge in [-0.1, -0.05) is 35.9 Å². The van der Waals surface area contributed by atoms with Gasteiger partial charge in [-0.05, 0) is 51.0 Å². The van der Waals surface area contributed by atoms with E-state index in [0.29, 0.717) is 53.1 Å². The van der Waals surface area contributed by atoms with Gasteiger partial charge in [0.15, 0.2) is 5.75 Å². The fourth-order valence-corrected chi connectivity index (χ4v) is 5.00. The molecule has 5 rings (SSSR count). The first-order chi connectivity index (χ1) is 16.8. The van der Waals surface area contributed by atoms with Crippen molar-refractivity contribution in [2.24, 2.45) is 5.10 Å². The van der Waals surface area contributed by atoms with Crippen LogP contribution in [0.5, 0.6) is 5.75 Å². The van der Waals surface area contributed by atoms with E-state index >= 15 is 0 Å². The van der Waals surface area contributed by atoms with Crippen molar-refractivity contribution in [3.63, 3.8) is 0 Å². The van der Waals surface area contributed by atoms with E-state index < -0.39 is 16.0 Å². The normalized spacial score (nSPS) is 14.6. The fraction of sp³-hybridized carbons (Fsp3) is 0.192. The molecule has 0 unspecified atom stereocenters. The van der Waals surface area contributed by atoms with Crippen molar-refractivity contribution in [3.8, 4) is 5.75 Å². The van der Waals surface area contributed by atoms with E-state index in [-0.39, 0.29) is 10.7 Å². The Morgan fingerprint density at radius 3 is 2.63 bits per heavy atom. The maximum absolute atomic E-state index is 13.0. The number of pyridine rings is 1. The molecule has 0 saturated carbocycles. The molecule has 0 radical (unpaired) electrons. The fourth-order valence-electron chi connectivity index (χ4n) is 4.16. The minimum atomic E-state index is -3.83. The Morgan fingerprint density at radius 1 is 1.06 bits per heavy atom. The minimum absolute atomic E-state index is 0.0684. The molecule has 8 nitrogen and oxygen atoms in total. The van der Waals surface area contributed by atoms with Crippen LogP contribution in [0.2, 0.25) is 0 Å². The topological polar surface area (TPSA) is 111 Å². The van der Waals surface area contributed by atoms with Crippen molar-refractivity contribution in [2.45, 2.75) is 38.0 Å². The van der Waals surface area contributed by atoms with Crippen LogP contribution in [0.4, 0.5) is 0 Å². The number of hydrogen-bond acceptors (Lipinski definition) is 7. The number of aryl methyl sites for hydroxylation is 2. The molecule has 0 fully saturated rings. The van der Waals surface area contributed by atoms with Crippen molar-refractivity contribution in [1.82, 2.24) is 9.82 Å². The maximum atomic E-state index is 13.0. The molecule has 2 aromatic heterocycles. The number of carbonyl (C=O) groups excluding carboxylic acids is 1. The van der Waals surface area contributed by atoms with E-state index in [9.17, 15) is 13.2 Å². The number of ether oxygens (including phenoxy) is 1. The van der Waals surface area contributed by atoms with Gasteiger partial charge in [0.1, 0.15) is 11.3 Å². The van der Waals surface area contributed by atoms with Crippen LogP contribution < -0.4 is 9.57 Å². The molecule has 35 heavy (non-hydrogen) atoms. The average molecular weight is 490 g/mol. The van der Waals surface area contributed by atoms with E-state index in [0.717, 1.165) is 10.9 Å². The van der Waals surface area contributed by atoms with E-state index in [1.54, 1.807) is 37.4 Å². The summed E-state index contributed by atoms with van der Waals surface area (Å²) in [5, 5.41) is 5.06. The number of esters is 1. The third-order valence-electron chi connectivity index (χ3n) is 5.94. The quantitative estimate of drug-likeness (QED) is 0.248. The Bertz CT molecular complexity index is 1570. The zero-order valence-corrected chi connectivity index (χ0v) is 20.1. The van der Waals surface area contributed by atoms with Crippen molar-refractivity contribution in [1.29, 1.82) is 0 Å². The summed E-state index contributed by atoms with van der Waals surface area (Å²) in [7, 11) is -3.83. The summed E-state index contributed by atoms with van der Waals surface area (Å²) in [5.74, 6) is 0.347. The smallest absolute Gasteiger partial charge is 0.380 e. The van der Waals surface area contributed by atoms with Gasteiger partial charge in [0, 0.05) is 29.1 Å². The van der Waals surface area contributed by atoms with Crippen LogP contribution in [0.25, 0.3) is 10.9 Å². The third kappa shape index (κ3) is 4.42. The molecular formula is C26H23N3O5S. The average Bonchev–Trinajstić information content (AvgIpc) is 3.20. The lowest BCUT2D eigenvalue weighted by Crippen LogP contribution is -2.22. The number of furan rings is 1. The van der Waals surface area contributed by atoms with Crippen LogP contribution in [-0.4, -0.2) is 25.1 Å². The second-order valence-corrected chi connectivity index (χ2v) is 10.1. The Morgan fingerprint density at radius 2 is 1.83 bits per heavy atom. The Kier molecular flexibility index (Phi) is 5.86. The highest BCUT2D eigenvalue weighted by molar-refractivity contribution is 7.89. The molecule has 178 valence electrons. The van der Waals surface area contributed by atoms with Crippen molar-refractivity contribution < 1.29 is 22.4 Å². The van der Waals surface area contributed by atoms with E-state index in [4.69, 9.17) is 9.15 Å². The Hall–Kier alpha value is -3.98. The highest BCUT2D eigenvalue weighted by atomic mass is 32.2. The number of fused-ring (bicyclic) bond motifs is 2. The van der Waals surface area contributed by atoms with Crippen molar-refractivity contribution in [2.75, 3.05) is 0 Å². The first kappa shape index (κ1) is 22.8. The second-order valence-electron chi connectivity index (χ2n) is 8.39. The summed E-state index contributed by atoms with van der Waals surface area (Å²) in [6, 6.07) is 15.6. The SMILES string of the molecule is Cc1ccc(S(=O)(=O)N/N=C2\CCCc3oc(C(=O)Oc4cccc5cccnc45)c(C)c32)cc1. The molecule has 0 bridgehead atoms. The van der Waals surface area contributed by atoms with Gasteiger partial charge < -0.3 is 9.15 Å².